The van der Waals surface area contributed by atoms with Gasteiger partial charge in [-0.05, 0) is 24.3 Å². The molecule has 166 valence electrons. The van der Waals surface area contributed by atoms with Gasteiger partial charge in [0.1, 0.15) is 17.3 Å². The van der Waals surface area contributed by atoms with Crippen molar-refractivity contribution in [2.45, 2.75) is 10.9 Å². The number of carbonyl (C=O) groups is 4. The smallest absolute Gasteiger partial charge is 0.239 e. The third kappa shape index (κ3) is 2.53. The van der Waals surface area contributed by atoms with E-state index in [0.717, 1.165) is 0 Å². The Morgan fingerprint density at radius 1 is 0.686 bits per heavy atom. The number of hydrogen-bond donors (Lipinski definition) is 3. The van der Waals surface area contributed by atoms with Gasteiger partial charge in [-0.25, -0.2) is 4.99 Å². The van der Waals surface area contributed by atoms with Crippen LogP contribution in [0, 0.1) is 0 Å². The monoisotopic (exact) mass is 475 g/mol. The molecule has 3 aliphatic carbocycles. The first kappa shape index (κ1) is 20.1. The van der Waals surface area contributed by atoms with Gasteiger partial charge in [-0.1, -0.05) is 36.4 Å². The van der Waals surface area contributed by atoms with Gasteiger partial charge in [0.25, 0.3) is 0 Å². The molecule has 3 aromatic rings. The lowest BCUT2D eigenvalue weighted by Gasteiger charge is -2.30. The maximum absolute atomic E-state index is 13.5. The summed E-state index contributed by atoms with van der Waals surface area (Å²) < 4.78 is 0. The SMILES string of the molecule is O=C1C2=C(C(=O)c3ccccc31)C1Nc3ccc4c(c3[NH+]=C1C=C2)C(=O)c1cccc(S)c1C4=O. The summed E-state index contributed by atoms with van der Waals surface area (Å²) in [5, 5.41) is 3.34. The van der Waals surface area contributed by atoms with Gasteiger partial charge >= 0.3 is 0 Å². The Labute approximate surface area is 204 Å². The number of allylic oxidation sites excluding steroid dienone is 2. The van der Waals surface area contributed by atoms with Crippen molar-refractivity contribution >= 4 is 52.8 Å². The fourth-order valence-electron chi connectivity index (χ4n) is 5.37. The van der Waals surface area contributed by atoms with E-state index in [-0.39, 0.29) is 28.7 Å². The summed E-state index contributed by atoms with van der Waals surface area (Å²) >= 11 is 4.39. The van der Waals surface area contributed by atoms with Crippen LogP contribution in [-0.4, -0.2) is 34.9 Å². The van der Waals surface area contributed by atoms with E-state index in [4.69, 9.17) is 0 Å². The summed E-state index contributed by atoms with van der Waals surface area (Å²) in [4.78, 5) is 57.1. The molecule has 3 aromatic carbocycles. The normalized spacial score (nSPS) is 19.1. The van der Waals surface area contributed by atoms with Crippen LogP contribution in [-0.2, 0) is 0 Å². The van der Waals surface area contributed by atoms with E-state index in [9.17, 15) is 19.2 Å². The number of carbonyl (C=O) groups excluding carboxylic acids is 4. The second kappa shape index (κ2) is 6.84. The van der Waals surface area contributed by atoms with Crippen molar-refractivity contribution in [3.63, 3.8) is 0 Å². The van der Waals surface area contributed by atoms with Gasteiger partial charge in [0.15, 0.2) is 17.3 Å². The van der Waals surface area contributed by atoms with Crippen molar-refractivity contribution in [1.82, 2.24) is 0 Å². The number of nitrogens with one attached hydrogen (secondary N) is 2. The Morgan fingerprint density at radius 2 is 1.37 bits per heavy atom. The molecule has 7 heteroatoms. The standard InChI is InChI=1S/C28H14N2O4S/c31-25-12-4-1-2-5-13(12)26(32)21-15(25)8-10-17-23(21)29-18-11-9-16-22(24(18)30-17)28(34)14-6-3-7-19(35)20(14)27(16)33/h1-11,23,29,35H/p+1. The van der Waals surface area contributed by atoms with Crippen LogP contribution in [0.2, 0.25) is 0 Å². The third-order valence-electron chi connectivity index (χ3n) is 6.99. The number of Topliss-reactive ketones (excluding diaryl/α,β-unsaturated/α-hetero) is 2. The zero-order valence-corrected chi connectivity index (χ0v) is 18.9. The molecule has 1 atom stereocenters. The van der Waals surface area contributed by atoms with Crippen LogP contribution in [0.4, 0.5) is 11.4 Å². The van der Waals surface area contributed by atoms with E-state index < -0.39 is 6.04 Å². The first-order valence-corrected chi connectivity index (χ1v) is 11.5. The van der Waals surface area contributed by atoms with Crippen molar-refractivity contribution < 1.29 is 24.2 Å². The zero-order valence-electron chi connectivity index (χ0n) is 18.0. The van der Waals surface area contributed by atoms with Gasteiger partial charge in [0.05, 0.1) is 0 Å². The van der Waals surface area contributed by atoms with Gasteiger partial charge in [-0.15, -0.1) is 12.6 Å². The molecule has 7 rings (SSSR count). The van der Waals surface area contributed by atoms with E-state index >= 15 is 0 Å². The van der Waals surface area contributed by atoms with Crippen molar-refractivity contribution in [2.24, 2.45) is 0 Å². The van der Waals surface area contributed by atoms with Gasteiger partial charge in [-0.3, -0.25) is 19.2 Å². The average molecular weight is 476 g/mol. The molecular formula is C28H15N2O4S+. The molecular weight excluding hydrogens is 460 g/mol. The van der Waals surface area contributed by atoms with Crippen LogP contribution in [0.15, 0.2) is 82.8 Å². The maximum atomic E-state index is 13.5. The average Bonchev–Trinajstić information content (AvgIpc) is 2.88. The second-order valence-corrected chi connectivity index (χ2v) is 9.27. The highest BCUT2D eigenvalue weighted by Gasteiger charge is 2.44. The van der Waals surface area contributed by atoms with Crippen LogP contribution in [0.3, 0.4) is 0 Å². The molecule has 0 saturated heterocycles. The lowest BCUT2D eigenvalue weighted by molar-refractivity contribution is -0.355. The molecule has 1 unspecified atom stereocenters. The third-order valence-corrected chi connectivity index (χ3v) is 7.36. The highest BCUT2D eigenvalue weighted by Crippen LogP contribution is 2.39. The van der Waals surface area contributed by atoms with E-state index in [0.29, 0.717) is 60.9 Å². The Hall–Kier alpha value is -4.36. The van der Waals surface area contributed by atoms with Gasteiger partial charge in [0.2, 0.25) is 17.2 Å². The molecule has 35 heavy (non-hydrogen) atoms. The zero-order chi connectivity index (χ0) is 24.0. The Kier molecular flexibility index (Phi) is 3.92. The largest absolute Gasteiger partial charge is 0.364 e. The molecule has 0 aromatic heterocycles. The number of fused-ring (bicyclic) bond motifs is 7. The summed E-state index contributed by atoms with van der Waals surface area (Å²) in [5.74, 6) is -0.929. The molecule has 1 heterocycles. The van der Waals surface area contributed by atoms with E-state index in [1.807, 2.05) is 0 Å². The van der Waals surface area contributed by atoms with Gasteiger partial charge in [-0.2, -0.15) is 0 Å². The number of anilines is 1. The summed E-state index contributed by atoms with van der Waals surface area (Å²) in [5.41, 5.74) is 4.38. The molecule has 6 nitrogen and oxygen atoms in total. The van der Waals surface area contributed by atoms with Gasteiger partial charge in [0, 0.05) is 49.9 Å². The molecule has 0 spiro atoms. The number of benzene rings is 3. The molecule has 0 fully saturated rings. The highest BCUT2D eigenvalue weighted by atomic mass is 32.1. The quantitative estimate of drug-likeness (QED) is 0.340. The minimum Gasteiger partial charge on any atom is -0.364 e. The van der Waals surface area contributed by atoms with Crippen LogP contribution in [0.1, 0.15) is 52.6 Å². The summed E-state index contributed by atoms with van der Waals surface area (Å²) in [7, 11) is 0. The molecule has 2 N–H and O–H groups in total. The topological polar surface area (TPSA) is 94.3 Å². The van der Waals surface area contributed by atoms with Crippen molar-refractivity contribution in [3.05, 3.63) is 111 Å². The Bertz CT molecular complexity index is 1710. The molecule has 1 aliphatic heterocycles. The first-order valence-electron chi connectivity index (χ1n) is 11.0. The number of rotatable bonds is 0. The van der Waals surface area contributed by atoms with Crippen LogP contribution in [0.25, 0.3) is 0 Å². The van der Waals surface area contributed by atoms with Crippen LogP contribution in [0.5, 0.6) is 0 Å². The maximum Gasteiger partial charge on any atom is 0.239 e. The molecule has 4 aliphatic rings. The fraction of sp³-hybridized carbons (Fsp3) is 0.0357. The second-order valence-electron chi connectivity index (χ2n) is 8.79. The van der Waals surface area contributed by atoms with Crippen molar-refractivity contribution in [2.75, 3.05) is 5.32 Å². The lowest BCUT2D eigenvalue weighted by Crippen LogP contribution is -2.74. The summed E-state index contributed by atoms with van der Waals surface area (Å²) in [6, 6.07) is 14.6. The lowest BCUT2D eigenvalue weighted by atomic mass is 9.76. The predicted molar refractivity (Wildman–Crippen MR) is 131 cm³/mol. The predicted octanol–water partition coefficient (Wildman–Crippen LogP) is 2.64. The number of ketones is 4. The van der Waals surface area contributed by atoms with E-state index in [2.05, 4.69) is 22.9 Å². The van der Waals surface area contributed by atoms with Crippen molar-refractivity contribution in [1.29, 1.82) is 0 Å². The highest BCUT2D eigenvalue weighted by molar-refractivity contribution is 7.80. The molecule has 0 radical (unpaired) electrons. The molecule has 0 amide bonds. The first-order chi connectivity index (χ1) is 17.0. The minimum atomic E-state index is -0.587. The molecule has 0 bridgehead atoms. The fourth-order valence-corrected chi connectivity index (χ4v) is 5.68. The van der Waals surface area contributed by atoms with Crippen LogP contribution < -0.4 is 10.3 Å². The molecule has 0 saturated carbocycles. The summed E-state index contributed by atoms with van der Waals surface area (Å²) in [6.07, 6.45) is 3.38. The van der Waals surface area contributed by atoms with Crippen molar-refractivity contribution in [3.8, 4) is 0 Å². The van der Waals surface area contributed by atoms with E-state index in [1.54, 1.807) is 66.7 Å². The number of hydrogen-bond acceptors (Lipinski definition) is 6. The Morgan fingerprint density at radius 3 is 2.17 bits per heavy atom. The van der Waals surface area contributed by atoms with Crippen LogP contribution >= 0.6 is 12.6 Å². The minimum absolute atomic E-state index is 0.191. The summed E-state index contributed by atoms with van der Waals surface area (Å²) in [6.45, 7) is 0. The van der Waals surface area contributed by atoms with E-state index in [1.165, 1.54) is 0 Å². The Balaban J connectivity index is 1.39. The van der Waals surface area contributed by atoms with Gasteiger partial charge < -0.3 is 5.32 Å². The number of thiol groups is 1.